The molecule has 0 saturated carbocycles. The Morgan fingerprint density at radius 1 is 1.36 bits per heavy atom. The number of carbonyl (C=O) groups excluding carboxylic acids is 1. The Morgan fingerprint density at radius 3 is 3.09 bits per heavy atom. The fourth-order valence-corrected chi connectivity index (χ4v) is 3.97. The molecule has 1 spiro atoms. The lowest BCUT2D eigenvalue weighted by Gasteiger charge is -2.39. The molecule has 2 saturated heterocycles. The second kappa shape index (κ2) is 5.09. The molecule has 3 heterocycles. The van der Waals surface area contributed by atoms with E-state index in [1.165, 1.54) is 12.8 Å². The first-order valence-electron chi connectivity index (χ1n) is 8.12. The van der Waals surface area contributed by atoms with Crippen LogP contribution in [0.15, 0.2) is 18.2 Å². The smallest absolute Gasteiger partial charge is 0.275 e. The van der Waals surface area contributed by atoms with Crippen molar-refractivity contribution in [2.24, 2.45) is 5.41 Å². The van der Waals surface area contributed by atoms with E-state index in [-0.39, 0.29) is 11.3 Å². The minimum atomic E-state index is 0.0721. The Labute approximate surface area is 130 Å². The lowest BCUT2D eigenvalue weighted by Crippen LogP contribution is -2.47. The Balaban J connectivity index is 1.64. The van der Waals surface area contributed by atoms with Crippen molar-refractivity contribution < 1.29 is 4.79 Å². The predicted octanol–water partition coefficient (Wildman–Crippen LogP) is 2.09. The molecule has 1 aromatic heterocycles. The number of aromatic amines is 1. The molecule has 2 N–H and O–H groups in total. The molecule has 1 aromatic carbocycles. The molecule has 22 heavy (non-hydrogen) atoms. The number of rotatable bonds is 1. The summed E-state index contributed by atoms with van der Waals surface area (Å²) in [4.78, 5) is 15.0. The van der Waals surface area contributed by atoms with Crippen molar-refractivity contribution in [2.45, 2.75) is 26.2 Å². The van der Waals surface area contributed by atoms with Crippen LogP contribution in [0.25, 0.3) is 10.9 Å². The summed E-state index contributed by atoms with van der Waals surface area (Å²) in [5.74, 6) is 0.0721. The van der Waals surface area contributed by atoms with Gasteiger partial charge >= 0.3 is 0 Å². The first-order valence-corrected chi connectivity index (χ1v) is 8.12. The Morgan fingerprint density at radius 2 is 2.27 bits per heavy atom. The Bertz CT molecular complexity index is 715. The predicted molar refractivity (Wildman–Crippen MR) is 85.9 cm³/mol. The van der Waals surface area contributed by atoms with Gasteiger partial charge in [0.2, 0.25) is 0 Å². The highest BCUT2D eigenvalue weighted by Crippen LogP contribution is 2.36. The van der Waals surface area contributed by atoms with Gasteiger partial charge in [0.05, 0.1) is 5.52 Å². The third-order valence-electron chi connectivity index (χ3n) is 5.20. The van der Waals surface area contributed by atoms with E-state index >= 15 is 0 Å². The Hall–Kier alpha value is -1.88. The zero-order valence-corrected chi connectivity index (χ0v) is 13.0. The average Bonchev–Trinajstić information content (AvgIpc) is 3.13. The summed E-state index contributed by atoms with van der Waals surface area (Å²) in [5.41, 5.74) is 2.94. The van der Waals surface area contributed by atoms with Crippen LogP contribution in [0.5, 0.6) is 0 Å². The second-order valence-electron chi connectivity index (χ2n) is 6.88. The standard InChI is InChI=1S/C17H22N4O/c1-12-3-4-14-13(9-12)15(20-19-14)16(22)21-8-2-5-17(11-21)6-7-18-10-17/h3-4,9,18H,2,5-8,10-11H2,1H3,(H,19,20). The van der Waals surface area contributed by atoms with E-state index in [2.05, 4.69) is 15.5 Å². The van der Waals surface area contributed by atoms with Crippen LogP contribution in [-0.4, -0.2) is 47.2 Å². The van der Waals surface area contributed by atoms with E-state index in [1.54, 1.807) is 0 Å². The summed E-state index contributed by atoms with van der Waals surface area (Å²) in [6.07, 6.45) is 3.50. The van der Waals surface area contributed by atoms with Gasteiger partial charge in [0.15, 0.2) is 5.69 Å². The van der Waals surface area contributed by atoms with Crippen LogP contribution in [0.1, 0.15) is 35.3 Å². The molecule has 116 valence electrons. The van der Waals surface area contributed by atoms with Crippen molar-refractivity contribution in [1.29, 1.82) is 0 Å². The third kappa shape index (κ3) is 2.20. The number of nitrogens with zero attached hydrogens (tertiary/aromatic N) is 2. The van der Waals surface area contributed by atoms with Crippen LogP contribution in [0, 0.1) is 12.3 Å². The number of hydrogen-bond donors (Lipinski definition) is 2. The van der Waals surface area contributed by atoms with E-state index in [4.69, 9.17) is 0 Å². The molecule has 0 radical (unpaired) electrons. The summed E-state index contributed by atoms with van der Waals surface area (Å²) in [6.45, 7) is 5.87. The van der Waals surface area contributed by atoms with E-state index < -0.39 is 0 Å². The van der Waals surface area contributed by atoms with Gasteiger partial charge in [0.1, 0.15) is 0 Å². The topological polar surface area (TPSA) is 61.0 Å². The molecule has 2 aliphatic heterocycles. The van der Waals surface area contributed by atoms with E-state index in [9.17, 15) is 4.79 Å². The maximum Gasteiger partial charge on any atom is 0.275 e. The number of amides is 1. The molecule has 5 nitrogen and oxygen atoms in total. The highest BCUT2D eigenvalue weighted by Gasteiger charge is 2.40. The Kier molecular flexibility index (Phi) is 3.18. The van der Waals surface area contributed by atoms with Crippen molar-refractivity contribution in [2.75, 3.05) is 26.2 Å². The molecule has 1 atom stereocenters. The summed E-state index contributed by atoms with van der Waals surface area (Å²) in [7, 11) is 0. The van der Waals surface area contributed by atoms with Gasteiger partial charge < -0.3 is 10.2 Å². The van der Waals surface area contributed by atoms with Gasteiger partial charge in [0.25, 0.3) is 5.91 Å². The van der Waals surface area contributed by atoms with Gasteiger partial charge in [-0.1, -0.05) is 11.6 Å². The van der Waals surface area contributed by atoms with Gasteiger partial charge in [-0.05, 0) is 44.9 Å². The fraction of sp³-hybridized carbons (Fsp3) is 0.529. The summed E-state index contributed by atoms with van der Waals surface area (Å²) >= 11 is 0. The zero-order valence-electron chi connectivity index (χ0n) is 13.0. The number of likely N-dealkylation sites (tertiary alicyclic amines) is 1. The maximum absolute atomic E-state index is 12.9. The van der Waals surface area contributed by atoms with Crippen LogP contribution < -0.4 is 5.32 Å². The number of benzene rings is 1. The van der Waals surface area contributed by atoms with Gasteiger partial charge in [-0.3, -0.25) is 9.89 Å². The number of carbonyl (C=O) groups is 1. The third-order valence-corrected chi connectivity index (χ3v) is 5.20. The van der Waals surface area contributed by atoms with Crippen LogP contribution in [0.3, 0.4) is 0 Å². The molecule has 0 aliphatic carbocycles. The number of fused-ring (bicyclic) bond motifs is 1. The zero-order chi connectivity index (χ0) is 15.2. The highest BCUT2D eigenvalue weighted by atomic mass is 16.2. The first-order chi connectivity index (χ1) is 10.7. The monoisotopic (exact) mass is 298 g/mol. The SMILES string of the molecule is Cc1ccc2[nH]nc(C(=O)N3CCCC4(CCNC4)C3)c2c1. The molecule has 2 fully saturated rings. The van der Waals surface area contributed by atoms with Crippen molar-refractivity contribution in [1.82, 2.24) is 20.4 Å². The van der Waals surface area contributed by atoms with E-state index in [1.807, 2.05) is 30.0 Å². The molecular formula is C17H22N4O. The number of piperidine rings is 1. The van der Waals surface area contributed by atoms with Gasteiger partial charge in [-0.25, -0.2) is 0 Å². The van der Waals surface area contributed by atoms with Gasteiger partial charge in [-0.2, -0.15) is 5.10 Å². The maximum atomic E-state index is 12.9. The van der Waals surface area contributed by atoms with Crippen molar-refractivity contribution >= 4 is 16.8 Å². The average molecular weight is 298 g/mol. The lowest BCUT2D eigenvalue weighted by atomic mass is 9.79. The number of H-pyrrole nitrogens is 1. The normalized spacial score (nSPS) is 25.2. The highest BCUT2D eigenvalue weighted by molar-refractivity contribution is 6.04. The number of hydrogen-bond acceptors (Lipinski definition) is 3. The molecule has 4 rings (SSSR count). The van der Waals surface area contributed by atoms with Crippen molar-refractivity contribution in [3.05, 3.63) is 29.5 Å². The first kappa shape index (κ1) is 13.8. The quantitative estimate of drug-likeness (QED) is 0.847. The molecule has 2 aliphatic rings. The number of aromatic nitrogens is 2. The van der Waals surface area contributed by atoms with E-state index in [0.717, 1.165) is 49.1 Å². The minimum Gasteiger partial charge on any atom is -0.337 e. The largest absolute Gasteiger partial charge is 0.337 e. The van der Waals surface area contributed by atoms with E-state index in [0.29, 0.717) is 5.69 Å². The van der Waals surface area contributed by atoms with Crippen LogP contribution in [0.2, 0.25) is 0 Å². The molecular weight excluding hydrogens is 276 g/mol. The summed E-state index contributed by atoms with van der Waals surface area (Å²) < 4.78 is 0. The van der Waals surface area contributed by atoms with Crippen molar-refractivity contribution in [3.8, 4) is 0 Å². The van der Waals surface area contributed by atoms with Gasteiger partial charge in [-0.15, -0.1) is 0 Å². The lowest BCUT2D eigenvalue weighted by molar-refractivity contribution is 0.0549. The molecule has 1 amide bonds. The van der Waals surface area contributed by atoms with Crippen LogP contribution in [0.4, 0.5) is 0 Å². The summed E-state index contributed by atoms with van der Waals surface area (Å²) in [5, 5.41) is 11.7. The fourth-order valence-electron chi connectivity index (χ4n) is 3.97. The van der Waals surface area contributed by atoms with Crippen LogP contribution in [-0.2, 0) is 0 Å². The minimum absolute atomic E-state index is 0.0721. The van der Waals surface area contributed by atoms with Crippen molar-refractivity contribution in [3.63, 3.8) is 0 Å². The van der Waals surface area contributed by atoms with Crippen LogP contribution >= 0.6 is 0 Å². The molecule has 5 heteroatoms. The molecule has 0 bridgehead atoms. The molecule has 1 unspecified atom stereocenters. The summed E-state index contributed by atoms with van der Waals surface area (Å²) in [6, 6.07) is 6.07. The second-order valence-corrected chi connectivity index (χ2v) is 6.88. The number of aryl methyl sites for hydroxylation is 1. The molecule has 2 aromatic rings. The van der Waals surface area contributed by atoms with Gasteiger partial charge in [0, 0.05) is 30.4 Å². The number of nitrogens with one attached hydrogen (secondary N) is 2.